The summed E-state index contributed by atoms with van der Waals surface area (Å²) in [4.78, 5) is 11.3. The SMILES string of the molecule is CNCCNC(=O)CCn1cc(Cl)cn1. The predicted octanol–water partition coefficient (Wildman–Crippen LogP) is 0.262. The molecule has 0 saturated carbocycles. The van der Waals surface area contributed by atoms with E-state index in [9.17, 15) is 4.79 Å². The molecule has 0 atom stereocenters. The first-order chi connectivity index (χ1) is 7.22. The summed E-state index contributed by atoms with van der Waals surface area (Å²) in [6, 6.07) is 0. The van der Waals surface area contributed by atoms with Gasteiger partial charge in [0.2, 0.25) is 5.91 Å². The molecule has 15 heavy (non-hydrogen) atoms. The summed E-state index contributed by atoms with van der Waals surface area (Å²) < 4.78 is 1.65. The van der Waals surface area contributed by atoms with Crippen molar-refractivity contribution in [1.29, 1.82) is 0 Å². The van der Waals surface area contributed by atoms with E-state index < -0.39 is 0 Å². The molecule has 0 saturated heterocycles. The van der Waals surface area contributed by atoms with Gasteiger partial charge in [0.05, 0.1) is 11.2 Å². The third kappa shape index (κ3) is 4.80. The van der Waals surface area contributed by atoms with Crippen molar-refractivity contribution in [3.05, 3.63) is 17.4 Å². The fourth-order valence-corrected chi connectivity index (χ4v) is 1.25. The molecule has 5 nitrogen and oxygen atoms in total. The monoisotopic (exact) mass is 230 g/mol. The second kappa shape index (κ2) is 6.42. The van der Waals surface area contributed by atoms with Gasteiger partial charge < -0.3 is 10.6 Å². The zero-order chi connectivity index (χ0) is 11.1. The highest BCUT2D eigenvalue weighted by Crippen LogP contribution is 2.04. The van der Waals surface area contributed by atoms with Crippen molar-refractivity contribution in [2.45, 2.75) is 13.0 Å². The largest absolute Gasteiger partial charge is 0.355 e. The number of hydrogen-bond acceptors (Lipinski definition) is 3. The average molecular weight is 231 g/mol. The third-order valence-electron chi connectivity index (χ3n) is 1.87. The summed E-state index contributed by atoms with van der Waals surface area (Å²) >= 11 is 5.69. The number of carbonyl (C=O) groups excluding carboxylic acids is 1. The molecule has 6 heteroatoms. The standard InChI is InChI=1S/C9H15ClN4O/c1-11-3-4-12-9(15)2-5-14-7-8(10)6-13-14/h6-7,11H,2-5H2,1H3,(H,12,15). The number of carbonyl (C=O) groups is 1. The van der Waals surface area contributed by atoms with Crippen LogP contribution in [0.25, 0.3) is 0 Å². The van der Waals surface area contributed by atoms with Crippen LogP contribution < -0.4 is 10.6 Å². The summed E-state index contributed by atoms with van der Waals surface area (Å²) in [5.74, 6) is 0.0249. The first-order valence-electron chi connectivity index (χ1n) is 4.81. The lowest BCUT2D eigenvalue weighted by Crippen LogP contribution is -2.30. The van der Waals surface area contributed by atoms with Gasteiger partial charge >= 0.3 is 0 Å². The highest BCUT2D eigenvalue weighted by atomic mass is 35.5. The van der Waals surface area contributed by atoms with Crippen molar-refractivity contribution in [3.8, 4) is 0 Å². The Morgan fingerprint density at radius 3 is 3.00 bits per heavy atom. The summed E-state index contributed by atoms with van der Waals surface area (Å²) in [6.45, 7) is 1.98. The van der Waals surface area contributed by atoms with Crippen LogP contribution in [-0.2, 0) is 11.3 Å². The summed E-state index contributed by atoms with van der Waals surface area (Å²) in [5.41, 5.74) is 0. The maximum absolute atomic E-state index is 11.3. The zero-order valence-corrected chi connectivity index (χ0v) is 9.42. The average Bonchev–Trinajstić information content (AvgIpc) is 2.62. The molecule has 0 unspecified atom stereocenters. The fraction of sp³-hybridized carbons (Fsp3) is 0.556. The van der Waals surface area contributed by atoms with Crippen LogP contribution in [0, 0.1) is 0 Å². The first kappa shape index (κ1) is 12.0. The van der Waals surface area contributed by atoms with Crippen LogP contribution in [-0.4, -0.2) is 35.8 Å². The minimum absolute atomic E-state index is 0.0249. The molecule has 0 aliphatic rings. The lowest BCUT2D eigenvalue weighted by Gasteiger charge is -2.04. The number of aromatic nitrogens is 2. The van der Waals surface area contributed by atoms with Crippen LogP contribution >= 0.6 is 11.6 Å². The molecule has 0 fully saturated rings. The molecule has 1 heterocycles. The number of rotatable bonds is 6. The maximum Gasteiger partial charge on any atom is 0.221 e. The number of nitrogens with zero attached hydrogens (tertiary/aromatic N) is 2. The number of nitrogens with one attached hydrogen (secondary N) is 2. The molecule has 1 amide bonds. The molecule has 0 aliphatic heterocycles. The van der Waals surface area contributed by atoms with E-state index in [1.807, 2.05) is 7.05 Å². The van der Waals surface area contributed by atoms with Gasteiger partial charge in [-0.2, -0.15) is 5.10 Å². The highest BCUT2D eigenvalue weighted by Gasteiger charge is 2.01. The summed E-state index contributed by atoms with van der Waals surface area (Å²) in [6.07, 6.45) is 3.67. The minimum Gasteiger partial charge on any atom is -0.355 e. The Balaban J connectivity index is 2.16. The smallest absolute Gasteiger partial charge is 0.221 e. The first-order valence-corrected chi connectivity index (χ1v) is 5.19. The number of aryl methyl sites for hydroxylation is 1. The quantitative estimate of drug-likeness (QED) is 0.690. The molecule has 0 bridgehead atoms. The van der Waals surface area contributed by atoms with E-state index >= 15 is 0 Å². The lowest BCUT2D eigenvalue weighted by atomic mass is 10.4. The van der Waals surface area contributed by atoms with Gasteiger partial charge in [0.25, 0.3) is 0 Å². The van der Waals surface area contributed by atoms with E-state index in [0.717, 1.165) is 6.54 Å². The Hall–Kier alpha value is -1.07. The van der Waals surface area contributed by atoms with Gasteiger partial charge in [-0.25, -0.2) is 0 Å². The molecular weight excluding hydrogens is 216 g/mol. The van der Waals surface area contributed by atoms with Gasteiger partial charge in [-0.1, -0.05) is 11.6 Å². The molecule has 1 rings (SSSR count). The van der Waals surface area contributed by atoms with Gasteiger partial charge in [0, 0.05) is 32.3 Å². The molecular formula is C9H15ClN4O. The molecule has 0 spiro atoms. The van der Waals surface area contributed by atoms with Crippen molar-refractivity contribution in [2.75, 3.05) is 20.1 Å². The molecule has 0 radical (unpaired) electrons. The van der Waals surface area contributed by atoms with Crippen molar-refractivity contribution >= 4 is 17.5 Å². The van der Waals surface area contributed by atoms with Crippen LogP contribution in [0.15, 0.2) is 12.4 Å². The molecule has 2 N–H and O–H groups in total. The Morgan fingerprint density at radius 2 is 2.40 bits per heavy atom. The summed E-state index contributed by atoms with van der Waals surface area (Å²) in [5, 5.41) is 10.3. The Labute approximate surface area is 93.8 Å². The van der Waals surface area contributed by atoms with Crippen LogP contribution in [0.2, 0.25) is 5.02 Å². The molecule has 1 aromatic rings. The molecule has 84 valence electrons. The lowest BCUT2D eigenvalue weighted by molar-refractivity contribution is -0.121. The Morgan fingerprint density at radius 1 is 1.60 bits per heavy atom. The van der Waals surface area contributed by atoms with Gasteiger partial charge in [-0.15, -0.1) is 0 Å². The Kier molecular flexibility index (Phi) is 5.14. The number of amides is 1. The fourth-order valence-electron chi connectivity index (χ4n) is 1.09. The van der Waals surface area contributed by atoms with Crippen LogP contribution in [0.4, 0.5) is 0 Å². The second-order valence-corrected chi connectivity index (χ2v) is 3.56. The third-order valence-corrected chi connectivity index (χ3v) is 2.06. The van der Waals surface area contributed by atoms with Crippen molar-refractivity contribution in [3.63, 3.8) is 0 Å². The summed E-state index contributed by atoms with van der Waals surface area (Å²) in [7, 11) is 1.85. The highest BCUT2D eigenvalue weighted by molar-refractivity contribution is 6.30. The van der Waals surface area contributed by atoms with E-state index in [-0.39, 0.29) is 5.91 Å². The topological polar surface area (TPSA) is 58.9 Å². The van der Waals surface area contributed by atoms with Crippen LogP contribution in [0.3, 0.4) is 0 Å². The maximum atomic E-state index is 11.3. The van der Waals surface area contributed by atoms with Gasteiger partial charge in [0.15, 0.2) is 0 Å². The zero-order valence-electron chi connectivity index (χ0n) is 8.66. The van der Waals surface area contributed by atoms with Crippen molar-refractivity contribution < 1.29 is 4.79 Å². The number of likely N-dealkylation sites (N-methyl/N-ethyl adjacent to an activating group) is 1. The van der Waals surface area contributed by atoms with E-state index in [1.54, 1.807) is 17.1 Å². The number of halogens is 1. The van der Waals surface area contributed by atoms with Gasteiger partial charge in [-0.05, 0) is 7.05 Å². The molecule has 0 aromatic carbocycles. The second-order valence-electron chi connectivity index (χ2n) is 3.13. The predicted molar refractivity (Wildman–Crippen MR) is 58.8 cm³/mol. The van der Waals surface area contributed by atoms with Gasteiger partial charge in [0.1, 0.15) is 0 Å². The van der Waals surface area contributed by atoms with E-state index in [1.165, 1.54) is 0 Å². The van der Waals surface area contributed by atoms with E-state index in [2.05, 4.69) is 15.7 Å². The number of hydrogen-bond donors (Lipinski definition) is 2. The van der Waals surface area contributed by atoms with Crippen LogP contribution in [0.5, 0.6) is 0 Å². The van der Waals surface area contributed by atoms with Crippen molar-refractivity contribution in [1.82, 2.24) is 20.4 Å². The normalized spacial score (nSPS) is 10.3. The Bertz CT molecular complexity index is 313. The van der Waals surface area contributed by atoms with Gasteiger partial charge in [-0.3, -0.25) is 9.48 Å². The van der Waals surface area contributed by atoms with E-state index in [4.69, 9.17) is 11.6 Å². The molecule has 1 aromatic heterocycles. The molecule has 0 aliphatic carbocycles. The van der Waals surface area contributed by atoms with E-state index in [0.29, 0.717) is 24.5 Å². The van der Waals surface area contributed by atoms with Crippen molar-refractivity contribution in [2.24, 2.45) is 0 Å². The minimum atomic E-state index is 0.0249. The van der Waals surface area contributed by atoms with Crippen LogP contribution in [0.1, 0.15) is 6.42 Å².